The summed E-state index contributed by atoms with van der Waals surface area (Å²) in [6, 6.07) is 8.89. The molecule has 0 unspecified atom stereocenters. The lowest BCUT2D eigenvalue weighted by Crippen LogP contribution is -2.47. The third-order valence-electron chi connectivity index (χ3n) is 5.60. The van der Waals surface area contributed by atoms with Crippen LogP contribution in [0.15, 0.2) is 42.7 Å². The number of hydrogen-bond donors (Lipinski definition) is 0. The van der Waals surface area contributed by atoms with E-state index in [1.54, 1.807) is 41.6 Å². The first kappa shape index (κ1) is 24.1. The molecule has 0 spiro atoms. The van der Waals surface area contributed by atoms with Gasteiger partial charge in [-0.05, 0) is 62.0 Å². The fourth-order valence-electron chi connectivity index (χ4n) is 4.26. The number of sulfone groups is 1. The van der Waals surface area contributed by atoms with E-state index in [1.165, 1.54) is 0 Å². The van der Waals surface area contributed by atoms with Crippen molar-refractivity contribution < 1.29 is 26.8 Å². The summed E-state index contributed by atoms with van der Waals surface area (Å²) in [5.74, 6) is -0.0642. The monoisotopic (exact) mass is 480 g/mol. The topological polar surface area (TPSA) is 84.4 Å². The van der Waals surface area contributed by atoms with Crippen LogP contribution in [0, 0.1) is 5.41 Å². The zero-order valence-electron chi connectivity index (χ0n) is 17.8. The van der Waals surface area contributed by atoms with Crippen LogP contribution < -0.4 is 4.90 Å². The standard InChI is InChI=1S/C21H22N2O4S.CF2S/c1-20(2)16-9-14(18(24)10-21(3)12-28(26,27)13-21)6-7-17(16)23(19(20)25)15-5-4-8-22-11-15;2-1(3)4/h4-9,11H,10,12-13H2,1-3H3;. The molecule has 6 nitrogen and oxygen atoms in total. The third-order valence-corrected chi connectivity index (χ3v) is 7.87. The van der Waals surface area contributed by atoms with E-state index in [9.17, 15) is 26.8 Å². The Kier molecular flexibility index (Phi) is 6.32. The quantitative estimate of drug-likeness (QED) is 0.369. The summed E-state index contributed by atoms with van der Waals surface area (Å²) in [5, 5.41) is -2.00. The Morgan fingerprint density at radius 2 is 1.81 bits per heavy atom. The summed E-state index contributed by atoms with van der Waals surface area (Å²) in [4.78, 5) is 31.6. The predicted molar refractivity (Wildman–Crippen MR) is 121 cm³/mol. The highest BCUT2D eigenvalue weighted by Gasteiger charge is 2.47. The van der Waals surface area contributed by atoms with Gasteiger partial charge in [-0.1, -0.05) is 6.92 Å². The Morgan fingerprint density at radius 1 is 1.19 bits per heavy atom. The van der Waals surface area contributed by atoms with Crippen LogP contribution in [0.4, 0.5) is 20.2 Å². The van der Waals surface area contributed by atoms with Gasteiger partial charge in [0, 0.05) is 23.6 Å². The van der Waals surface area contributed by atoms with E-state index >= 15 is 0 Å². The van der Waals surface area contributed by atoms with Gasteiger partial charge in [0.05, 0.1) is 34.5 Å². The van der Waals surface area contributed by atoms with E-state index < -0.39 is 26.0 Å². The molecule has 0 bridgehead atoms. The molecular formula is C22H22F2N2O4S2. The molecule has 2 aliphatic rings. The fourth-order valence-corrected chi connectivity index (χ4v) is 6.51. The van der Waals surface area contributed by atoms with Gasteiger partial charge in [0.2, 0.25) is 5.91 Å². The second kappa shape index (κ2) is 8.40. The first-order valence-electron chi connectivity index (χ1n) is 9.73. The average Bonchev–Trinajstić information content (AvgIpc) is 2.86. The maximum Gasteiger partial charge on any atom is 0.334 e. The average molecular weight is 481 g/mol. The van der Waals surface area contributed by atoms with Gasteiger partial charge in [-0.3, -0.25) is 19.5 Å². The van der Waals surface area contributed by atoms with Crippen molar-refractivity contribution in [3.63, 3.8) is 0 Å². The highest BCUT2D eigenvalue weighted by atomic mass is 32.2. The largest absolute Gasteiger partial charge is 0.334 e. The number of Topliss-reactive ketones (excluding diaryl/α,β-unsaturated/α-hetero) is 1. The zero-order valence-corrected chi connectivity index (χ0v) is 19.4. The second-order valence-electron chi connectivity index (χ2n) is 8.88. The van der Waals surface area contributed by atoms with E-state index in [-0.39, 0.29) is 29.6 Å². The van der Waals surface area contributed by atoms with Crippen molar-refractivity contribution >= 4 is 50.5 Å². The number of fused-ring (bicyclic) bond motifs is 1. The molecule has 4 rings (SSSR count). The Hall–Kier alpha value is -2.59. The van der Waals surface area contributed by atoms with Gasteiger partial charge in [-0.25, -0.2) is 8.42 Å². The number of rotatable bonds is 4. The maximum atomic E-state index is 13.1. The lowest BCUT2D eigenvalue weighted by Gasteiger charge is -2.37. The smallest absolute Gasteiger partial charge is 0.294 e. The summed E-state index contributed by atoms with van der Waals surface area (Å²) in [7, 11) is -3.00. The van der Waals surface area contributed by atoms with Crippen molar-refractivity contribution in [1.82, 2.24) is 4.98 Å². The summed E-state index contributed by atoms with van der Waals surface area (Å²) < 4.78 is 43.1. The number of amides is 1. The number of thiocarbonyl (C=S) groups is 1. The van der Waals surface area contributed by atoms with Crippen molar-refractivity contribution in [3.8, 4) is 0 Å². The highest BCUT2D eigenvalue weighted by molar-refractivity contribution is 7.92. The molecule has 170 valence electrons. The number of ketones is 1. The minimum absolute atomic E-state index is 0.0510. The van der Waals surface area contributed by atoms with Crippen LogP contribution in [0.2, 0.25) is 0 Å². The molecule has 1 amide bonds. The van der Waals surface area contributed by atoms with Gasteiger partial charge in [0.15, 0.2) is 15.6 Å². The summed E-state index contributed by atoms with van der Waals surface area (Å²) in [6.07, 6.45) is 3.48. The van der Waals surface area contributed by atoms with E-state index in [1.807, 2.05) is 26.8 Å². The van der Waals surface area contributed by atoms with Gasteiger partial charge < -0.3 is 0 Å². The minimum atomic E-state index is -3.00. The summed E-state index contributed by atoms with van der Waals surface area (Å²) in [5.41, 5.74) is 1.46. The Morgan fingerprint density at radius 3 is 2.34 bits per heavy atom. The second-order valence-corrected chi connectivity index (χ2v) is 11.3. The van der Waals surface area contributed by atoms with Crippen LogP contribution in [-0.4, -0.2) is 42.0 Å². The number of nitrogens with zero attached hydrogens (tertiary/aromatic N) is 2. The number of carbonyl (C=O) groups excluding carboxylic acids is 2. The Bertz CT molecular complexity index is 1180. The molecule has 0 atom stereocenters. The normalized spacial score (nSPS) is 19.3. The molecule has 0 N–H and O–H groups in total. The number of anilines is 2. The molecule has 1 saturated heterocycles. The van der Waals surface area contributed by atoms with E-state index in [2.05, 4.69) is 17.2 Å². The van der Waals surface area contributed by atoms with Gasteiger partial charge in [-0.15, -0.1) is 0 Å². The molecule has 32 heavy (non-hydrogen) atoms. The molecule has 2 aromatic rings. The van der Waals surface area contributed by atoms with E-state index in [4.69, 9.17) is 0 Å². The number of halogens is 2. The first-order valence-corrected chi connectivity index (χ1v) is 12.0. The van der Waals surface area contributed by atoms with Gasteiger partial charge in [-0.2, -0.15) is 8.78 Å². The Labute approximate surface area is 190 Å². The van der Waals surface area contributed by atoms with Crippen molar-refractivity contribution in [2.24, 2.45) is 5.41 Å². The molecule has 3 heterocycles. The van der Waals surface area contributed by atoms with Gasteiger partial charge in [0.1, 0.15) is 0 Å². The minimum Gasteiger partial charge on any atom is -0.294 e. The lowest BCUT2D eigenvalue weighted by molar-refractivity contribution is -0.121. The fraction of sp³-hybridized carbons (Fsp3) is 0.364. The summed E-state index contributed by atoms with van der Waals surface area (Å²) >= 11 is 3.20. The third kappa shape index (κ3) is 4.75. The van der Waals surface area contributed by atoms with Crippen LogP contribution in [-0.2, 0) is 20.0 Å². The van der Waals surface area contributed by atoms with Crippen LogP contribution in [0.25, 0.3) is 0 Å². The van der Waals surface area contributed by atoms with Crippen molar-refractivity contribution in [3.05, 3.63) is 53.9 Å². The van der Waals surface area contributed by atoms with Crippen LogP contribution in [0.1, 0.15) is 43.1 Å². The SMILES string of the molecule is CC1(CC(=O)c2ccc3c(c2)C(C)(C)C(=O)N3c2cccnc2)CS(=O)(=O)C1.FC(F)=S. The predicted octanol–water partition coefficient (Wildman–Crippen LogP) is 4.26. The first-order chi connectivity index (χ1) is 14.8. The van der Waals surface area contributed by atoms with Crippen LogP contribution in [0.3, 0.4) is 0 Å². The van der Waals surface area contributed by atoms with E-state index in [0.717, 1.165) is 11.3 Å². The molecule has 2 aliphatic heterocycles. The van der Waals surface area contributed by atoms with Crippen LogP contribution in [0.5, 0.6) is 0 Å². The number of pyridine rings is 1. The molecule has 0 aliphatic carbocycles. The molecule has 1 fully saturated rings. The number of hydrogen-bond acceptors (Lipinski definition) is 6. The maximum absolute atomic E-state index is 13.1. The van der Waals surface area contributed by atoms with Crippen molar-refractivity contribution in [2.45, 2.75) is 32.6 Å². The van der Waals surface area contributed by atoms with Crippen molar-refractivity contribution in [2.75, 3.05) is 16.4 Å². The molecule has 10 heteroatoms. The molecule has 0 radical (unpaired) electrons. The van der Waals surface area contributed by atoms with E-state index in [0.29, 0.717) is 11.3 Å². The highest BCUT2D eigenvalue weighted by Crippen LogP contribution is 2.46. The number of carbonyl (C=O) groups is 2. The van der Waals surface area contributed by atoms with Crippen molar-refractivity contribution in [1.29, 1.82) is 0 Å². The van der Waals surface area contributed by atoms with Gasteiger partial charge >= 0.3 is 5.37 Å². The van der Waals surface area contributed by atoms with Crippen LogP contribution >= 0.6 is 12.2 Å². The molecule has 1 aromatic carbocycles. The number of benzene rings is 1. The zero-order chi connectivity index (χ0) is 23.9. The molecule has 1 aromatic heterocycles. The molecular weight excluding hydrogens is 458 g/mol. The molecule has 0 saturated carbocycles. The Balaban J connectivity index is 0.000000668. The summed E-state index contributed by atoms with van der Waals surface area (Å²) in [6.45, 7) is 5.52. The number of aromatic nitrogens is 1. The lowest BCUT2D eigenvalue weighted by atomic mass is 9.83. The van der Waals surface area contributed by atoms with Gasteiger partial charge in [0.25, 0.3) is 0 Å².